The summed E-state index contributed by atoms with van der Waals surface area (Å²) < 4.78 is 28.0. The number of nitrogens with one attached hydrogen (secondary N) is 3. The summed E-state index contributed by atoms with van der Waals surface area (Å²) in [5.74, 6) is -3.43. The van der Waals surface area contributed by atoms with Gasteiger partial charge in [0, 0.05) is 54.3 Å². The summed E-state index contributed by atoms with van der Waals surface area (Å²) in [6, 6.07) is 1.29. The van der Waals surface area contributed by atoms with Crippen LogP contribution < -0.4 is 21.5 Å². The van der Waals surface area contributed by atoms with E-state index in [1.807, 2.05) is 6.92 Å². The number of esters is 1. The number of ether oxygens (including phenoxy) is 2. The molecule has 0 unspecified atom stereocenters. The van der Waals surface area contributed by atoms with Gasteiger partial charge in [-0.1, -0.05) is 34.1 Å². The van der Waals surface area contributed by atoms with E-state index in [-0.39, 0.29) is 79.6 Å². The van der Waals surface area contributed by atoms with E-state index in [2.05, 4.69) is 16.0 Å². The number of fused-ring (bicyclic) bond motifs is 5. The van der Waals surface area contributed by atoms with Gasteiger partial charge < -0.3 is 35.1 Å². The van der Waals surface area contributed by atoms with Crippen molar-refractivity contribution in [1.29, 1.82) is 0 Å². The molecule has 3 aliphatic heterocycles. The maximum absolute atomic E-state index is 15.5. The molecule has 63 heavy (non-hydrogen) atoms. The lowest BCUT2D eigenvalue weighted by molar-refractivity contribution is -0.172. The zero-order valence-electron chi connectivity index (χ0n) is 36.8. The van der Waals surface area contributed by atoms with Crippen LogP contribution in [0, 0.1) is 18.7 Å². The van der Waals surface area contributed by atoms with Crippen LogP contribution in [0.15, 0.2) is 29.1 Å². The summed E-state index contributed by atoms with van der Waals surface area (Å²) in [7, 11) is 0. The Kier molecular flexibility index (Phi) is 14.6. The van der Waals surface area contributed by atoms with E-state index in [0.29, 0.717) is 74.0 Å². The van der Waals surface area contributed by atoms with E-state index in [1.165, 1.54) is 25.1 Å². The Bertz CT molecular complexity index is 2410. The maximum atomic E-state index is 15.5. The molecule has 5 amide bonds. The third kappa shape index (κ3) is 9.59. The minimum atomic E-state index is -1.96. The van der Waals surface area contributed by atoms with Crippen molar-refractivity contribution in [2.24, 2.45) is 5.92 Å². The number of aryl methyl sites for hydroxylation is 2. The van der Waals surface area contributed by atoms with Crippen LogP contribution in [-0.4, -0.2) is 87.0 Å². The van der Waals surface area contributed by atoms with Crippen molar-refractivity contribution in [3.8, 4) is 11.4 Å². The first kappa shape index (κ1) is 46.7. The predicted molar refractivity (Wildman–Crippen MR) is 229 cm³/mol. The second-order valence-corrected chi connectivity index (χ2v) is 16.8. The average molecular weight is 873 g/mol. The molecule has 17 heteroatoms. The highest BCUT2D eigenvalue weighted by Gasteiger charge is 2.45. The lowest BCUT2D eigenvalue weighted by Gasteiger charge is -2.31. The lowest BCUT2D eigenvalue weighted by atomic mass is 9.86. The van der Waals surface area contributed by atoms with Gasteiger partial charge in [-0.05, 0) is 87.5 Å². The third-order valence-corrected chi connectivity index (χ3v) is 12.3. The van der Waals surface area contributed by atoms with Crippen LogP contribution in [0.25, 0.3) is 22.3 Å². The van der Waals surface area contributed by atoms with Gasteiger partial charge >= 0.3 is 5.97 Å². The molecule has 0 aliphatic carbocycles. The van der Waals surface area contributed by atoms with E-state index in [9.17, 15) is 38.7 Å². The predicted octanol–water partition coefficient (Wildman–Crippen LogP) is 3.63. The molecule has 16 nitrogen and oxygen atoms in total. The molecule has 0 spiro atoms. The van der Waals surface area contributed by atoms with Crippen LogP contribution in [0.5, 0.6) is 0 Å². The number of nitrogens with zero attached hydrogens (tertiary/aromatic N) is 3. The van der Waals surface area contributed by atoms with Gasteiger partial charge in [0.1, 0.15) is 31.2 Å². The van der Waals surface area contributed by atoms with Crippen LogP contribution in [0.2, 0.25) is 0 Å². The fraction of sp³-hybridized carbons (Fsp3) is 0.522. The van der Waals surface area contributed by atoms with E-state index in [0.717, 1.165) is 27.0 Å². The summed E-state index contributed by atoms with van der Waals surface area (Å²) in [5.41, 5.74) is 2.68. The number of hydrogen-bond acceptors (Lipinski definition) is 11. The van der Waals surface area contributed by atoms with Crippen LogP contribution >= 0.6 is 0 Å². The number of imide groups is 1. The zero-order valence-corrected chi connectivity index (χ0v) is 36.8. The van der Waals surface area contributed by atoms with Gasteiger partial charge in [0.15, 0.2) is 5.60 Å². The molecule has 6 rings (SSSR count). The van der Waals surface area contributed by atoms with Gasteiger partial charge in [-0.2, -0.15) is 0 Å². The number of aromatic nitrogens is 2. The van der Waals surface area contributed by atoms with Gasteiger partial charge in [0.25, 0.3) is 17.4 Å². The Balaban J connectivity index is 0.985. The van der Waals surface area contributed by atoms with E-state index < -0.39 is 41.3 Å². The number of halogens is 1. The van der Waals surface area contributed by atoms with E-state index >= 15 is 4.39 Å². The van der Waals surface area contributed by atoms with Crippen molar-refractivity contribution < 1.29 is 47.7 Å². The summed E-state index contributed by atoms with van der Waals surface area (Å²) in [6.07, 6.45) is 6.68. The van der Waals surface area contributed by atoms with Gasteiger partial charge in [-0.3, -0.25) is 33.7 Å². The summed E-state index contributed by atoms with van der Waals surface area (Å²) >= 11 is 0. The summed E-state index contributed by atoms with van der Waals surface area (Å²) in [4.78, 5) is 94.4. The van der Waals surface area contributed by atoms with E-state index in [1.54, 1.807) is 38.3 Å². The molecule has 338 valence electrons. The first-order chi connectivity index (χ1) is 30.0. The van der Waals surface area contributed by atoms with Crippen LogP contribution in [0.4, 0.5) is 4.39 Å². The van der Waals surface area contributed by atoms with Crippen molar-refractivity contribution in [3.63, 3.8) is 0 Å². The Labute approximate surface area is 365 Å². The second kappa shape index (κ2) is 19.7. The molecule has 2 aromatic heterocycles. The van der Waals surface area contributed by atoms with Gasteiger partial charge in [0.2, 0.25) is 17.7 Å². The molecule has 5 heterocycles. The number of aliphatic hydroxyl groups is 1. The minimum absolute atomic E-state index is 0.0233. The highest BCUT2D eigenvalue weighted by molar-refractivity contribution is 6.12. The lowest BCUT2D eigenvalue weighted by Crippen LogP contribution is -2.54. The summed E-state index contributed by atoms with van der Waals surface area (Å²) in [6.45, 7) is 11.0. The SMILES string of the molecule is CCc1c2c(nc3cc(F)c(C)c(CCCCOCNC(=O)[C@H](C)NC(=O)[C@@H](NC(=O)CCCCCN4C(=O)C=CC4=O)C(C)C)c13)-c1cc3c(c(=O)n1C2)COC(=O)[C@]3(O)CC. The molecule has 0 saturated carbocycles. The van der Waals surface area contributed by atoms with Crippen LogP contribution in [0.3, 0.4) is 0 Å². The van der Waals surface area contributed by atoms with Gasteiger partial charge in [-0.25, -0.2) is 14.2 Å². The molecular weight excluding hydrogens is 816 g/mol. The number of cyclic esters (lactones) is 1. The molecule has 3 aliphatic rings. The number of carbonyl (C=O) groups is 6. The topological polar surface area (TPSA) is 215 Å². The molecule has 3 atom stereocenters. The van der Waals surface area contributed by atoms with Crippen LogP contribution in [0.1, 0.15) is 113 Å². The molecule has 0 fully saturated rings. The van der Waals surface area contributed by atoms with E-state index in [4.69, 9.17) is 14.5 Å². The van der Waals surface area contributed by atoms with Gasteiger partial charge in [0.05, 0.1) is 29.0 Å². The molecule has 0 saturated heterocycles. The quantitative estimate of drug-likeness (QED) is 0.0436. The van der Waals surface area contributed by atoms with Crippen molar-refractivity contribution in [2.45, 2.75) is 130 Å². The van der Waals surface area contributed by atoms with Gasteiger partial charge in [-0.15, -0.1) is 0 Å². The Morgan fingerprint density at radius 3 is 2.37 bits per heavy atom. The normalized spacial score (nSPS) is 17.4. The largest absolute Gasteiger partial charge is 0.458 e. The smallest absolute Gasteiger partial charge is 0.343 e. The number of rotatable bonds is 20. The third-order valence-electron chi connectivity index (χ3n) is 12.3. The second-order valence-electron chi connectivity index (χ2n) is 16.8. The average Bonchev–Trinajstić information content (AvgIpc) is 3.78. The monoisotopic (exact) mass is 872 g/mol. The Hall–Kier alpha value is -5.81. The fourth-order valence-electron chi connectivity index (χ4n) is 8.58. The standard InChI is InChI=1S/C46H57FN6O10/c1-7-28-30-22-53-35(20-32-31(44(53)59)23-63-45(60)46(32,61)8-2)41(30)50-34-21-33(47)26(5)29(39(28)34)14-11-13-19-62-24-48-42(57)27(6)49-43(58)40(25(3)4)51-36(54)15-10-9-12-18-52-37(55)16-17-38(52)56/h16-17,20-21,25,27,40,61H,7-15,18-19,22-24H2,1-6H3,(H,48,57)(H,49,58)(H,51,54)/t27-,40-,46-/m0/s1. The minimum Gasteiger partial charge on any atom is -0.458 e. The molecule has 3 aromatic rings. The highest BCUT2D eigenvalue weighted by Crippen LogP contribution is 2.41. The van der Waals surface area contributed by atoms with Crippen molar-refractivity contribution in [1.82, 2.24) is 30.4 Å². The first-order valence-electron chi connectivity index (χ1n) is 21.8. The molecule has 0 radical (unpaired) electrons. The number of amides is 5. The Morgan fingerprint density at radius 2 is 1.68 bits per heavy atom. The number of pyridine rings is 2. The zero-order chi connectivity index (χ0) is 45.7. The Morgan fingerprint density at radius 1 is 0.952 bits per heavy atom. The summed E-state index contributed by atoms with van der Waals surface area (Å²) in [5, 5.41) is 20.2. The maximum Gasteiger partial charge on any atom is 0.343 e. The highest BCUT2D eigenvalue weighted by atomic mass is 19.1. The van der Waals surface area contributed by atoms with Crippen molar-refractivity contribution >= 4 is 46.4 Å². The van der Waals surface area contributed by atoms with Crippen molar-refractivity contribution in [3.05, 3.63) is 73.8 Å². The number of unbranched alkanes of at least 4 members (excludes halogenated alkanes) is 3. The van der Waals surface area contributed by atoms with Crippen LogP contribution in [-0.2, 0) is 69.8 Å². The molecular formula is C46H57FN6O10. The number of benzene rings is 1. The first-order valence-corrected chi connectivity index (χ1v) is 21.8. The number of carbonyl (C=O) groups excluding carboxylic acids is 6. The van der Waals surface area contributed by atoms with Crippen molar-refractivity contribution in [2.75, 3.05) is 19.9 Å². The molecule has 1 aromatic carbocycles. The molecule has 4 N–H and O–H groups in total. The molecule has 0 bridgehead atoms. The fourth-order valence-corrected chi connectivity index (χ4v) is 8.58. The number of hydrogen-bond donors (Lipinski definition) is 4.